The van der Waals surface area contributed by atoms with Crippen LogP contribution in [-0.4, -0.2) is 29.1 Å². The van der Waals surface area contributed by atoms with Gasteiger partial charge in [0.15, 0.2) is 5.96 Å². The highest BCUT2D eigenvalue weighted by Crippen LogP contribution is 2.25. The van der Waals surface area contributed by atoms with Gasteiger partial charge < -0.3 is 20.2 Å². The Labute approximate surface area is 176 Å². The first-order valence-electron chi connectivity index (χ1n) is 8.46. The van der Waals surface area contributed by atoms with Crippen molar-refractivity contribution in [3.05, 3.63) is 40.2 Å². The van der Waals surface area contributed by atoms with Gasteiger partial charge in [-0.1, -0.05) is 20.8 Å². The van der Waals surface area contributed by atoms with Crippen molar-refractivity contribution in [3.63, 3.8) is 0 Å². The Hall–Kier alpha value is -1.13. The molecule has 2 aromatic rings. The van der Waals surface area contributed by atoms with Crippen LogP contribution in [0.25, 0.3) is 0 Å². The number of nitrogens with one attached hydrogen (secondary N) is 2. The Bertz CT molecular complexity index is 690. The van der Waals surface area contributed by atoms with E-state index in [0.29, 0.717) is 18.3 Å². The van der Waals surface area contributed by atoms with Gasteiger partial charge in [0.2, 0.25) is 0 Å². The lowest BCUT2D eigenvalue weighted by molar-refractivity contribution is 0.0386. The molecule has 2 rings (SSSR count). The Morgan fingerprint density at radius 1 is 1.31 bits per heavy atom. The van der Waals surface area contributed by atoms with Crippen molar-refractivity contribution in [3.8, 4) is 0 Å². The topological polar surface area (TPSA) is 82.7 Å². The van der Waals surface area contributed by atoms with Gasteiger partial charge in [-0.3, -0.25) is 0 Å². The highest BCUT2D eigenvalue weighted by Gasteiger charge is 2.26. The van der Waals surface area contributed by atoms with Crippen LogP contribution in [0.4, 0.5) is 0 Å². The molecule has 0 aliphatic heterocycles. The van der Waals surface area contributed by atoms with Crippen LogP contribution >= 0.6 is 35.3 Å². The highest BCUT2D eigenvalue weighted by atomic mass is 127. The van der Waals surface area contributed by atoms with Crippen molar-refractivity contribution < 1.29 is 9.52 Å². The lowest BCUT2D eigenvalue weighted by Gasteiger charge is -2.22. The van der Waals surface area contributed by atoms with Crippen LogP contribution in [0.2, 0.25) is 0 Å². The van der Waals surface area contributed by atoms with Crippen LogP contribution in [0.1, 0.15) is 51.1 Å². The van der Waals surface area contributed by atoms with E-state index in [4.69, 9.17) is 4.42 Å². The molecule has 0 amide bonds. The van der Waals surface area contributed by atoms with Gasteiger partial charge in [-0.2, -0.15) is 0 Å². The summed E-state index contributed by atoms with van der Waals surface area (Å²) >= 11 is 1.66. The van der Waals surface area contributed by atoms with E-state index in [2.05, 4.69) is 41.4 Å². The number of halogens is 1. The minimum absolute atomic E-state index is 0. The number of thiazole rings is 1. The van der Waals surface area contributed by atoms with Gasteiger partial charge in [0, 0.05) is 17.3 Å². The summed E-state index contributed by atoms with van der Waals surface area (Å²) in [4.78, 5) is 9.21. The van der Waals surface area contributed by atoms with Gasteiger partial charge in [0.1, 0.15) is 11.4 Å². The van der Waals surface area contributed by atoms with Gasteiger partial charge in [-0.15, -0.1) is 35.3 Å². The normalized spacial score (nSPS) is 14.5. The summed E-state index contributed by atoms with van der Waals surface area (Å²) in [5, 5.41) is 20.0. The number of aromatic nitrogens is 1. The minimum Gasteiger partial charge on any atom is -0.466 e. The predicted octanol–water partition coefficient (Wildman–Crippen LogP) is 3.61. The van der Waals surface area contributed by atoms with E-state index in [9.17, 15) is 5.11 Å². The van der Waals surface area contributed by atoms with E-state index in [1.165, 1.54) is 0 Å². The lowest BCUT2D eigenvalue weighted by Crippen LogP contribution is -2.44. The number of aliphatic imine (C=N–C) groups is 1. The maximum Gasteiger partial charge on any atom is 0.191 e. The molecule has 0 aromatic carbocycles. The van der Waals surface area contributed by atoms with E-state index in [1.54, 1.807) is 36.7 Å². The molecule has 0 radical (unpaired) electrons. The number of guanidine groups is 1. The van der Waals surface area contributed by atoms with Gasteiger partial charge in [0.05, 0.1) is 30.1 Å². The van der Waals surface area contributed by atoms with Crippen LogP contribution in [0.15, 0.2) is 33.2 Å². The Morgan fingerprint density at radius 3 is 2.58 bits per heavy atom. The standard InChI is InChI=1S/C18H28N4O2S.HI/c1-6-19-16(21-12-18(5,23)14-8-7-9-24-14)20-10-13-11-25-15(22-13)17(2,3)4;/h7-9,11,23H,6,10,12H2,1-5H3,(H2,19,20,21);1H. The minimum atomic E-state index is -1.11. The fraction of sp³-hybridized carbons (Fsp3) is 0.556. The summed E-state index contributed by atoms with van der Waals surface area (Å²) in [7, 11) is 0. The number of rotatable bonds is 6. The summed E-state index contributed by atoms with van der Waals surface area (Å²) in [6, 6.07) is 3.52. The van der Waals surface area contributed by atoms with Crippen LogP contribution in [-0.2, 0) is 17.6 Å². The molecule has 8 heteroatoms. The lowest BCUT2D eigenvalue weighted by atomic mass is 9.98. The van der Waals surface area contributed by atoms with Crippen molar-refractivity contribution in [1.82, 2.24) is 15.6 Å². The highest BCUT2D eigenvalue weighted by molar-refractivity contribution is 14.0. The predicted molar refractivity (Wildman–Crippen MR) is 117 cm³/mol. The molecule has 2 aromatic heterocycles. The second-order valence-corrected chi connectivity index (χ2v) is 8.05. The van der Waals surface area contributed by atoms with Crippen molar-refractivity contribution in [1.29, 1.82) is 0 Å². The molecule has 1 atom stereocenters. The summed E-state index contributed by atoms with van der Waals surface area (Å²) in [5.74, 6) is 1.16. The molecule has 26 heavy (non-hydrogen) atoms. The van der Waals surface area contributed by atoms with Crippen LogP contribution < -0.4 is 10.6 Å². The fourth-order valence-corrected chi connectivity index (χ4v) is 3.05. The number of furan rings is 1. The molecule has 146 valence electrons. The zero-order chi connectivity index (χ0) is 18.5. The monoisotopic (exact) mass is 492 g/mol. The molecule has 0 saturated carbocycles. The van der Waals surface area contributed by atoms with E-state index < -0.39 is 5.60 Å². The summed E-state index contributed by atoms with van der Waals surface area (Å²) in [5.41, 5.74) is -0.110. The number of nitrogens with zero attached hydrogens (tertiary/aromatic N) is 2. The fourth-order valence-electron chi connectivity index (χ4n) is 2.15. The largest absolute Gasteiger partial charge is 0.466 e. The van der Waals surface area contributed by atoms with Crippen LogP contribution in [0, 0.1) is 0 Å². The summed E-state index contributed by atoms with van der Waals surface area (Å²) < 4.78 is 5.30. The third-order valence-electron chi connectivity index (χ3n) is 3.59. The molecule has 0 aliphatic carbocycles. The molecule has 6 nitrogen and oxygen atoms in total. The average molecular weight is 492 g/mol. The van der Waals surface area contributed by atoms with Crippen molar-refractivity contribution in [2.24, 2.45) is 4.99 Å². The average Bonchev–Trinajstić information content (AvgIpc) is 3.20. The summed E-state index contributed by atoms with van der Waals surface area (Å²) in [6.07, 6.45) is 1.55. The van der Waals surface area contributed by atoms with E-state index >= 15 is 0 Å². The van der Waals surface area contributed by atoms with Crippen molar-refractivity contribution in [2.45, 2.75) is 52.2 Å². The molecule has 0 aliphatic rings. The van der Waals surface area contributed by atoms with E-state index in [0.717, 1.165) is 17.2 Å². The smallest absolute Gasteiger partial charge is 0.191 e. The summed E-state index contributed by atoms with van der Waals surface area (Å²) in [6.45, 7) is 11.7. The van der Waals surface area contributed by atoms with E-state index in [1.807, 2.05) is 12.3 Å². The van der Waals surface area contributed by atoms with Crippen LogP contribution in [0.5, 0.6) is 0 Å². The maximum absolute atomic E-state index is 10.5. The molecule has 0 fully saturated rings. The molecular weight excluding hydrogens is 463 g/mol. The molecule has 0 bridgehead atoms. The van der Waals surface area contributed by atoms with Crippen molar-refractivity contribution >= 4 is 41.3 Å². The molecule has 0 spiro atoms. The Kier molecular flexibility index (Phi) is 8.55. The molecule has 2 heterocycles. The van der Waals surface area contributed by atoms with Crippen molar-refractivity contribution in [2.75, 3.05) is 13.1 Å². The number of hydrogen-bond donors (Lipinski definition) is 3. The third kappa shape index (κ3) is 6.55. The zero-order valence-corrected chi connectivity index (χ0v) is 19.1. The van der Waals surface area contributed by atoms with Gasteiger partial charge >= 0.3 is 0 Å². The second kappa shape index (κ2) is 9.70. The first kappa shape index (κ1) is 22.9. The van der Waals surface area contributed by atoms with Gasteiger partial charge in [-0.05, 0) is 26.0 Å². The molecule has 0 saturated heterocycles. The Balaban J connectivity index is 0.00000338. The Morgan fingerprint density at radius 2 is 2.04 bits per heavy atom. The first-order valence-corrected chi connectivity index (χ1v) is 9.34. The van der Waals surface area contributed by atoms with E-state index in [-0.39, 0.29) is 35.9 Å². The zero-order valence-electron chi connectivity index (χ0n) is 16.0. The molecule has 3 N–H and O–H groups in total. The first-order chi connectivity index (χ1) is 11.7. The van der Waals surface area contributed by atoms with Crippen LogP contribution in [0.3, 0.4) is 0 Å². The van der Waals surface area contributed by atoms with Gasteiger partial charge in [0.25, 0.3) is 0 Å². The van der Waals surface area contributed by atoms with Gasteiger partial charge in [-0.25, -0.2) is 9.98 Å². The number of aliphatic hydroxyl groups is 1. The quantitative estimate of drug-likeness (QED) is 0.326. The second-order valence-electron chi connectivity index (χ2n) is 7.19. The SMILES string of the molecule is CCNC(=NCc1csc(C(C)(C)C)n1)NCC(C)(O)c1ccco1.I. The maximum atomic E-state index is 10.5. The number of hydrogen-bond acceptors (Lipinski definition) is 5. The third-order valence-corrected chi connectivity index (χ3v) is 4.91. The molecule has 1 unspecified atom stereocenters. The molecular formula is C18H29IN4O2S.